The summed E-state index contributed by atoms with van der Waals surface area (Å²) in [5.41, 5.74) is 0. The van der Waals surface area contributed by atoms with Crippen LogP contribution in [-0.2, 0) is 9.59 Å². The van der Waals surface area contributed by atoms with Crippen LogP contribution in [-0.4, -0.2) is 35.0 Å². The smallest absolute Gasteiger partial charge is 0.307 e. The highest BCUT2D eigenvalue weighted by Crippen LogP contribution is 2.17. The van der Waals surface area contributed by atoms with Crippen molar-refractivity contribution >= 4 is 11.9 Å². The molecule has 0 radical (unpaired) electrons. The van der Waals surface area contributed by atoms with Gasteiger partial charge in [-0.15, -0.1) is 0 Å². The van der Waals surface area contributed by atoms with E-state index in [0.29, 0.717) is 19.5 Å². The lowest BCUT2D eigenvalue weighted by atomic mass is 9.96. The summed E-state index contributed by atoms with van der Waals surface area (Å²) in [5, 5.41) is 9.38. The zero-order valence-electron chi connectivity index (χ0n) is 18.8. The fraction of sp³-hybridized carbons (Fsp3) is 0.833. The molecule has 0 bridgehead atoms. The predicted octanol–water partition coefficient (Wildman–Crippen LogP) is 6.59. The average molecular weight is 396 g/mol. The maximum absolute atomic E-state index is 12.1. The fourth-order valence-corrected chi connectivity index (χ4v) is 3.50. The van der Waals surface area contributed by atoms with Gasteiger partial charge in [0.05, 0.1) is 5.92 Å². The third-order valence-electron chi connectivity index (χ3n) is 5.45. The largest absolute Gasteiger partial charge is 0.481 e. The standard InChI is InChI=1S/C24H45NO3/c1-4-7-8-9-10-11-12-13-14-15-16-17-18-19-20-22(24(27)28)21-23(26)25(5-2)6-3/h9-10,22H,4-8,11-21H2,1-3H3,(H,27,28)/b10-9+. The van der Waals surface area contributed by atoms with E-state index < -0.39 is 11.9 Å². The average Bonchev–Trinajstić information content (AvgIpc) is 2.68. The van der Waals surface area contributed by atoms with E-state index >= 15 is 0 Å². The third kappa shape index (κ3) is 14.7. The fourth-order valence-electron chi connectivity index (χ4n) is 3.50. The highest BCUT2D eigenvalue weighted by Gasteiger charge is 2.22. The Morgan fingerprint density at radius 1 is 0.786 bits per heavy atom. The van der Waals surface area contributed by atoms with E-state index in [1.165, 1.54) is 64.2 Å². The van der Waals surface area contributed by atoms with Crippen LogP contribution in [0.25, 0.3) is 0 Å². The van der Waals surface area contributed by atoms with E-state index in [4.69, 9.17) is 0 Å². The molecule has 0 spiro atoms. The van der Waals surface area contributed by atoms with Crippen LogP contribution in [0.4, 0.5) is 0 Å². The Bertz CT molecular complexity index is 416. The van der Waals surface area contributed by atoms with Gasteiger partial charge in [0.15, 0.2) is 0 Å². The Morgan fingerprint density at radius 2 is 1.29 bits per heavy atom. The normalized spacial score (nSPS) is 12.4. The van der Waals surface area contributed by atoms with Crippen molar-refractivity contribution in [2.75, 3.05) is 13.1 Å². The van der Waals surface area contributed by atoms with Gasteiger partial charge in [-0.25, -0.2) is 0 Å². The SMILES string of the molecule is CCCC/C=C/CCCCCCCCCCC(CC(=O)N(CC)CC)C(=O)O. The maximum Gasteiger partial charge on any atom is 0.307 e. The molecule has 0 fully saturated rings. The summed E-state index contributed by atoms with van der Waals surface area (Å²) in [6, 6.07) is 0. The number of hydrogen-bond donors (Lipinski definition) is 1. The van der Waals surface area contributed by atoms with Crippen molar-refractivity contribution in [3.05, 3.63) is 12.2 Å². The molecule has 0 saturated heterocycles. The second kappa shape index (κ2) is 19.0. The van der Waals surface area contributed by atoms with Gasteiger partial charge < -0.3 is 10.0 Å². The van der Waals surface area contributed by atoms with Crippen molar-refractivity contribution in [1.82, 2.24) is 4.90 Å². The van der Waals surface area contributed by atoms with Crippen LogP contribution >= 0.6 is 0 Å². The number of aliphatic carboxylic acids is 1. The van der Waals surface area contributed by atoms with Gasteiger partial charge in [-0.1, -0.05) is 76.9 Å². The van der Waals surface area contributed by atoms with Crippen LogP contribution in [0.2, 0.25) is 0 Å². The molecule has 0 rings (SSSR count). The summed E-state index contributed by atoms with van der Waals surface area (Å²) in [6.45, 7) is 7.39. The number of carbonyl (C=O) groups excluding carboxylic acids is 1. The first-order valence-electron chi connectivity index (χ1n) is 11.7. The molecule has 0 aliphatic heterocycles. The number of carbonyl (C=O) groups is 2. The first-order valence-corrected chi connectivity index (χ1v) is 11.7. The number of allylic oxidation sites excluding steroid dienone is 2. The monoisotopic (exact) mass is 395 g/mol. The number of unbranched alkanes of at least 4 members (excludes halogenated alkanes) is 10. The lowest BCUT2D eigenvalue weighted by Crippen LogP contribution is -2.33. The maximum atomic E-state index is 12.1. The minimum atomic E-state index is -0.829. The number of amides is 1. The number of hydrogen-bond acceptors (Lipinski definition) is 2. The summed E-state index contributed by atoms with van der Waals surface area (Å²) in [7, 11) is 0. The molecule has 0 aromatic rings. The molecule has 0 aromatic carbocycles. The second-order valence-electron chi connectivity index (χ2n) is 7.82. The highest BCUT2D eigenvalue weighted by molar-refractivity contribution is 5.82. The number of rotatable bonds is 19. The molecule has 4 heteroatoms. The van der Waals surface area contributed by atoms with Crippen molar-refractivity contribution < 1.29 is 14.7 Å². The Hall–Kier alpha value is -1.32. The highest BCUT2D eigenvalue weighted by atomic mass is 16.4. The van der Waals surface area contributed by atoms with Crippen LogP contribution in [0.5, 0.6) is 0 Å². The molecule has 1 N–H and O–H groups in total. The number of nitrogens with zero attached hydrogens (tertiary/aromatic N) is 1. The molecule has 1 unspecified atom stereocenters. The quantitative estimate of drug-likeness (QED) is 0.198. The molecule has 0 saturated carbocycles. The van der Waals surface area contributed by atoms with Gasteiger partial charge in [0, 0.05) is 19.5 Å². The van der Waals surface area contributed by atoms with Crippen LogP contribution in [0.3, 0.4) is 0 Å². The number of carboxylic acid groups (broad SMARTS) is 1. The molecule has 4 nitrogen and oxygen atoms in total. The van der Waals surface area contributed by atoms with Crippen molar-refractivity contribution in [2.45, 2.75) is 111 Å². The first-order chi connectivity index (χ1) is 13.6. The van der Waals surface area contributed by atoms with Crippen LogP contribution < -0.4 is 0 Å². The lowest BCUT2D eigenvalue weighted by molar-refractivity contribution is -0.146. The summed E-state index contributed by atoms with van der Waals surface area (Å²) >= 11 is 0. The van der Waals surface area contributed by atoms with Gasteiger partial charge in [-0.2, -0.15) is 0 Å². The zero-order chi connectivity index (χ0) is 21.0. The van der Waals surface area contributed by atoms with E-state index in [0.717, 1.165) is 12.8 Å². The molecule has 0 aromatic heterocycles. The molecule has 0 aliphatic rings. The molecule has 164 valence electrons. The van der Waals surface area contributed by atoms with Crippen LogP contribution in [0.1, 0.15) is 111 Å². The van der Waals surface area contributed by atoms with E-state index in [9.17, 15) is 14.7 Å². The van der Waals surface area contributed by atoms with E-state index in [1.807, 2.05) is 13.8 Å². The topological polar surface area (TPSA) is 57.6 Å². The Balaban J connectivity index is 3.67. The zero-order valence-corrected chi connectivity index (χ0v) is 18.8. The Morgan fingerprint density at radius 3 is 1.79 bits per heavy atom. The minimum absolute atomic E-state index is 0.0300. The second-order valence-corrected chi connectivity index (χ2v) is 7.82. The summed E-state index contributed by atoms with van der Waals surface area (Å²) in [5.74, 6) is -1.39. The molecular formula is C24H45NO3. The van der Waals surface area contributed by atoms with Gasteiger partial charge in [0.2, 0.25) is 5.91 Å². The van der Waals surface area contributed by atoms with E-state index in [1.54, 1.807) is 4.90 Å². The van der Waals surface area contributed by atoms with E-state index in [2.05, 4.69) is 19.1 Å². The minimum Gasteiger partial charge on any atom is -0.481 e. The van der Waals surface area contributed by atoms with Gasteiger partial charge in [-0.3, -0.25) is 9.59 Å². The van der Waals surface area contributed by atoms with Gasteiger partial charge in [0.1, 0.15) is 0 Å². The Kier molecular flexibility index (Phi) is 18.1. The summed E-state index contributed by atoms with van der Waals surface area (Å²) in [4.78, 5) is 25.3. The lowest BCUT2D eigenvalue weighted by Gasteiger charge is -2.21. The molecule has 1 atom stereocenters. The molecule has 28 heavy (non-hydrogen) atoms. The summed E-state index contributed by atoms with van der Waals surface area (Å²) < 4.78 is 0. The van der Waals surface area contributed by atoms with Gasteiger partial charge in [0.25, 0.3) is 0 Å². The molecule has 0 heterocycles. The van der Waals surface area contributed by atoms with Gasteiger partial charge >= 0.3 is 5.97 Å². The van der Waals surface area contributed by atoms with Crippen molar-refractivity contribution in [1.29, 1.82) is 0 Å². The number of carboxylic acids is 1. The van der Waals surface area contributed by atoms with Crippen molar-refractivity contribution in [3.8, 4) is 0 Å². The first kappa shape index (κ1) is 26.7. The molecule has 0 aliphatic carbocycles. The predicted molar refractivity (Wildman–Crippen MR) is 119 cm³/mol. The summed E-state index contributed by atoms with van der Waals surface area (Å²) in [6.07, 6.45) is 20.0. The van der Waals surface area contributed by atoms with Crippen LogP contribution in [0.15, 0.2) is 12.2 Å². The van der Waals surface area contributed by atoms with Crippen molar-refractivity contribution in [2.24, 2.45) is 5.92 Å². The van der Waals surface area contributed by atoms with Gasteiger partial charge in [-0.05, 0) is 39.5 Å². The Labute approximate surface area is 173 Å². The molecule has 1 amide bonds. The third-order valence-corrected chi connectivity index (χ3v) is 5.45. The van der Waals surface area contributed by atoms with E-state index in [-0.39, 0.29) is 12.3 Å². The molecular weight excluding hydrogens is 350 g/mol. The van der Waals surface area contributed by atoms with Crippen molar-refractivity contribution in [3.63, 3.8) is 0 Å². The van der Waals surface area contributed by atoms with Crippen LogP contribution in [0, 0.1) is 5.92 Å².